The molecule has 4 heterocycles. The molecule has 3 aromatic heterocycles. The van der Waals surface area contributed by atoms with E-state index < -0.39 is 11.2 Å². The summed E-state index contributed by atoms with van der Waals surface area (Å²) in [5.41, 5.74) is 1.91. The highest BCUT2D eigenvalue weighted by molar-refractivity contribution is 7.21. The molecule has 0 atom stereocenters. The van der Waals surface area contributed by atoms with E-state index in [9.17, 15) is 14.4 Å². The summed E-state index contributed by atoms with van der Waals surface area (Å²) in [6.45, 7) is 5.29. The van der Waals surface area contributed by atoms with Gasteiger partial charge in [0.1, 0.15) is 22.1 Å². The van der Waals surface area contributed by atoms with E-state index in [0.29, 0.717) is 36.3 Å². The van der Waals surface area contributed by atoms with Gasteiger partial charge in [-0.05, 0) is 50.8 Å². The summed E-state index contributed by atoms with van der Waals surface area (Å²) in [7, 11) is 1.63. The maximum Gasteiger partial charge on any atom is 0.332 e. The van der Waals surface area contributed by atoms with Crippen molar-refractivity contribution >= 4 is 27.5 Å². The van der Waals surface area contributed by atoms with Gasteiger partial charge in [-0.3, -0.25) is 18.7 Å². The fraction of sp³-hybridized carbons (Fsp3) is 0.385. The molecule has 1 aliphatic rings. The van der Waals surface area contributed by atoms with Crippen molar-refractivity contribution in [2.45, 2.75) is 46.2 Å². The largest absolute Gasteiger partial charge is 0.496 e. The number of carbonyl (C=O) groups excluding carboxylic acids is 1. The van der Waals surface area contributed by atoms with Gasteiger partial charge in [0.2, 0.25) is 5.91 Å². The van der Waals surface area contributed by atoms with Crippen molar-refractivity contribution in [2.75, 3.05) is 20.2 Å². The second-order valence-corrected chi connectivity index (χ2v) is 10.1. The number of benzene rings is 1. The Hall–Kier alpha value is -3.66. The fourth-order valence-electron chi connectivity index (χ4n) is 4.86. The number of aryl methyl sites for hydroxylation is 4. The number of aromatic nitrogens is 4. The number of thiophene rings is 1. The monoisotopic (exact) mass is 507 g/mol. The van der Waals surface area contributed by atoms with Gasteiger partial charge in [-0.1, -0.05) is 29.0 Å². The first-order valence-corrected chi connectivity index (χ1v) is 12.9. The summed E-state index contributed by atoms with van der Waals surface area (Å²) in [5.74, 6) is 0.556. The number of methoxy groups -OCH3 is 1. The van der Waals surface area contributed by atoms with E-state index in [1.807, 2.05) is 44.3 Å². The van der Waals surface area contributed by atoms with Crippen LogP contribution in [-0.2, 0) is 24.3 Å². The van der Waals surface area contributed by atoms with Gasteiger partial charge in [0.25, 0.3) is 5.56 Å². The van der Waals surface area contributed by atoms with Gasteiger partial charge in [-0.25, -0.2) is 9.48 Å². The second kappa shape index (κ2) is 9.77. The highest BCUT2D eigenvalue weighted by Gasteiger charge is 2.24. The standard InChI is InChI=1S/C26H29N5O4S/c1-17-7-8-20(35-3)19(15-17)9-14-29-25-22(18(2)24(36-25)31-13-6-10-27-31)23(33)30(26(29)34)16-21(32)28-11-4-5-12-28/h6-8,10,13,15H,4-5,9,11-12,14,16H2,1-3H3. The van der Waals surface area contributed by atoms with Crippen LogP contribution < -0.4 is 16.0 Å². The van der Waals surface area contributed by atoms with Gasteiger partial charge in [0, 0.05) is 37.6 Å². The van der Waals surface area contributed by atoms with Gasteiger partial charge < -0.3 is 9.64 Å². The lowest BCUT2D eigenvalue weighted by atomic mass is 10.1. The first-order chi connectivity index (χ1) is 17.4. The second-order valence-electron chi connectivity index (χ2n) is 9.14. The van der Waals surface area contributed by atoms with E-state index in [-0.39, 0.29) is 12.5 Å². The molecule has 0 bridgehead atoms. The Labute approximate surface area is 212 Å². The molecule has 36 heavy (non-hydrogen) atoms. The Morgan fingerprint density at radius 2 is 1.92 bits per heavy atom. The molecule has 1 saturated heterocycles. The first kappa shape index (κ1) is 24.1. The summed E-state index contributed by atoms with van der Waals surface area (Å²) in [4.78, 5) is 42.6. The Balaban J connectivity index is 1.64. The number of ether oxygens (including phenoxy) is 1. The minimum Gasteiger partial charge on any atom is -0.496 e. The molecule has 188 valence electrons. The van der Waals surface area contributed by atoms with Crippen molar-refractivity contribution in [3.8, 4) is 10.8 Å². The van der Waals surface area contributed by atoms with E-state index in [4.69, 9.17) is 4.74 Å². The summed E-state index contributed by atoms with van der Waals surface area (Å²) >= 11 is 1.36. The molecule has 0 unspecified atom stereocenters. The van der Waals surface area contributed by atoms with Gasteiger partial charge in [0.05, 0.1) is 12.5 Å². The molecule has 1 fully saturated rings. The Morgan fingerprint density at radius 1 is 1.14 bits per heavy atom. The summed E-state index contributed by atoms with van der Waals surface area (Å²) in [6.07, 6.45) is 5.91. The lowest BCUT2D eigenvalue weighted by Crippen LogP contribution is -2.44. The predicted molar refractivity (Wildman–Crippen MR) is 139 cm³/mol. The molecule has 1 aliphatic heterocycles. The van der Waals surface area contributed by atoms with Crippen molar-refractivity contribution in [3.63, 3.8) is 0 Å². The number of amides is 1. The molecule has 0 radical (unpaired) electrons. The third kappa shape index (κ3) is 4.26. The van der Waals surface area contributed by atoms with Gasteiger partial charge in [-0.2, -0.15) is 5.10 Å². The van der Waals surface area contributed by atoms with E-state index in [2.05, 4.69) is 5.10 Å². The first-order valence-electron chi connectivity index (χ1n) is 12.1. The number of rotatable bonds is 7. The number of hydrogen-bond donors (Lipinski definition) is 0. The van der Waals surface area contributed by atoms with E-state index in [1.54, 1.807) is 27.5 Å². The average Bonchev–Trinajstić information content (AvgIpc) is 3.63. The lowest BCUT2D eigenvalue weighted by molar-refractivity contribution is -0.130. The Kier molecular flexibility index (Phi) is 6.53. The van der Waals surface area contributed by atoms with Crippen LogP contribution in [0.3, 0.4) is 0 Å². The summed E-state index contributed by atoms with van der Waals surface area (Å²) in [6, 6.07) is 7.76. The van der Waals surface area contributed by atoms with Crippen LogP contribution in [0.1, 0.15) is 29.5 Å². The zero-order valence-corrected chi connectivity index (χ0v) is 21.5. The average molecular weight is 508 g/mol. The predicted octanol–water partition coefficient (Wildman–Crippen LogP) is 2.90. The Morgan fingerprint density at radius 3 is 2.61 bits per heavy atom. The van der Waals surface area contributed by atoms with Crippen LogP contribution in [-0.4, -0.2) is 49.9 Å². The van der Waals surface area contributed by atoms with Crippen molar-refractivity contribution in [1.29, 1.82) is 0 Å². The third-order valence-electron chi connectivity index (χ3n) is 6.77. The van der Waals surface area contributed by atoms with Crippen LogP contribution in [0.4, 0.5) is 0 Å². The van der Waals surface area contributed by atoms with Crippen LogP contribution in [0.5, 0.6) is 5.75 Å². The van der Waals surface area contributed by atoms with Crippen molar-refractivity contribution < 1.29 is 9.53 Å². The molecule has 0 saturated carbocycles. The molecule has 0 aliphatic carbocycles. The minimum absolute atomic E-state index is 0.196. The zero-order chi connectivity index (χ0) is 25.4. The molecule has 1 amide bonds. The molecular weight excluding hydrogens is 478 g/mol. The summed E-state index contributed by atoms with van der Waals surface area (Å²) in [5, 5.41) is 5.56. The molecule has 0 spiro atoms. The molecule has 10 heteroatoms. The zero-order valence-electron chi connectivity index (χ0n) is 20.7. The number of carbonyl (C=O) groups is 1. The van der Waals surface area contributed by atoms with Crippen LogP contribution >= 0.6 is 11.3 Å². The van der Waals surface area contributed by atoms with Gasteiger partial charge in [0.15, 0.2) is 0 Å². The van der Waals surface area contributed by atoms with Crippen molar-refractivity contribution in [1.82, 2.24) is 23.8 Å². The topological polar surface area (TPSA) is 91.4 Å². The number of nitrogens with zero attached hydrogens (tertiary/aromatic N) is 5. The molecule has 4 aromatic rings. The number of fused-ring (bicyclic) bond motifs is 1. The summed E-state index contributed by atoms with van der Waals surface area (Å²) < 4.78 is 9.96. The van der Waals surface area contributed by atoms with Crippen LogP contribution in [0.25, 0.3) is 15.2 Å². The third-order valence-corrected chi connectivity index (χ3v) is 8.08. The van der Waals surface area contributed by atoms with Gasteiger partial charge >= 0.3 is 5.69 Å². The van der Waals surface area contributed by atoms with E-state index in [1.165, 1.54) is 11.3 Å². The molecule has 9 nitrogen and oxygen atoms in total. The van der Waals surface area contributed by atoms with Crippen molar-refractivity contribution in [3.05, 3.63) is 74.2 Å². The minimum atomic E-state index is -0.472. The normalized spacial score (nSPS) is 13.6. The van der Waals surface area contributed by atoms with Crippen LogP contribution in [0.15, 0.2) is 46.2 Å². The smallest absolute Gasteiger partial charge is 0.332 e. The fourth-order valence-corrected chi connectivity index (χ4v) is 6.13. The Bertz CT molecular complexity index is 1540. The molecule has 5 rings (SSSR count). The van der Waals surface area contributed by atoms with E-state index in [0.717, 1.165) is 44.8 Å². The highest BCUT2D eigenvalue weighted by Crippen LogP contribution is 2.31. The van der Waals surface area contributed by atoms with Crippen LogP contribution in [0.2, 0.25) is 0 Å². The number of hydrogen-bond acceptors (Lipinski definition) is 6. The highest BCUT2D eigenvalue weighted by atomic mass is 32.1. The lowest BCUT2D eigenvalue weighted by Gasteiger charge is -2.17. The quantitative estimate of drug-likeness (QED) is 0.384. The van der Waals surface area contributed by atoms with Gasteiger partial charge in [-0.15, -0.1) is 0 Å². The molecule has 1 aromatic carbocycles. The van der Waals surface area contributed by atoms with E-state index >= 15 is 0 Å². The molecule has 0 N–H and O–H groups in total. The van der Waals surface area contributed by atoms with Crippen LogP contribution in [0, 0.1) is 13.8 Å². The SMILES string of the molecule is COc1ccc(C)cc1CCn1c(=O)n(CC(=O)N2CCCC2)c(=O)c2c(C)c(-n3cccn3)sc21. The maximum absolute atomic E-state index is 13.7. The molecular formula is C26H29N5O4S. The maximum atomic E-state index is 13.7. The van der Waals surface area contributed by atoms with Crippen molar-refractivity contribution in [2.24, 2.45) is 0 Å². The number of likely N-dealkylation sites (tertiary alicyclic amines) is 1.